The molecule has 0 radical (unpaired) electrons. The summed E-state index contributed by atoms with van der Waals surface area (Å²) in [7, 11) is 0. The van der Waals surface area contributed by atoms with Crippen molar-refractivity contribution in [3.8, 4) is 0 Å². The van der Waals surface area contributed by atoms with Crippen molar-refractivity contribution in [2.75, 3.05) is 0 Å². The van der Waals surface area contributed by atoms with Crippen molar-refractivity contribution in [2.24, 2.45) is 0 Å². The van der Waals surface area contributed by atoms with Gasteiger partial charge in [0.2, 0.25) is 0 Å². The molecular formula is C6H8AsBr. The van der Waals surface area contributed by atoms with Crippen LogP contribution in [0.2, 0.25) is 0 Å². The summed E-state index contributed by atoms with van der Waals surface area (Å²) in [6.45, 7) is 0. The second-order valence-corrected chi connectivity index (χ2v) is 2.21. The van der Waals surface area contributed by atoms with E-state index in [4.69, 9.17) is 0 Å². The van der Waals surface area contributed by atoms with Gasteiger partial charge in [-0.3, -0.25) is 0 Å². The molecule has 0 aliphatic carbocycles. The Hall–Kier alpha value is 0.258. The quantitative estimate of drug-likeness (QED) is 0.594. The standard InChI is InChI=1S/C6H5Br.AsH3/c7-6-4-2-1-3-5-6;/h1-5H;1H3. The molecule has 0 bridgehead atoms. The van der Waals surface area contributed by atoms with Crippen LogP contribution in [0, 0.1) is 0 Å². The first-order valence-corrected chi connectivity index (χ1v) is 2.89. The summed E-state index contributed by atoms with van der Waals surface area (Å²) in [5, 5.41) is 0. The number of halogens is 1. The van der Waals surface area contributed by atoms with Gasteiger partial charge in [-0.15, -0.1) is 0 Å². The molecule has 1 unspecified atom stereocenters. The maximum absolute atomic E-state index is 3.31. The number of hydrogen-bond acceptors (Lipinski definition) is 0. The molecule has 0 N–H and O–H groups in total. The maximum atomic E-state index is 3.31. The van der Waals surface area contributed by atoms with Gasteiger partial charge in [0, 0.05) is 4.47 Å². The van der Waals surface area contributed by atoms with Crippen LogP contribution in [-0.4, -0.2) is 18.0 Å². The summed E-state index contributed by atoms with van der Waals surface area (Å²) >= 11 is 3.31. The molecule has 1 aromatic carbocycles. The van der Waals surface area contributed by atoms with E-state index < -0.39 is 0 Å². The Morgan fingerprint density at radius 2 is 1.50 bits per heavy atom. The van der Waals surface area contributed by atoms with Crippen molar-refractivity contribution in [1.29, 1.82) is 0 Å². The Morgan fingerprint density at radius 1 is 1.00 bits per heavy atom. The fraction of sp³-hybridized carbons (Fsp3) is 0. The fourth-order valence-corrected chi connectivity index (χ4v) is 0.720. The Morgan fingerprint density at radius 3 is 1.75 bits per heavy atom. The van der Waals surface area contributed by atoms with E-state index in [1.165, 1.54) is 0 Å². The van der Waals surface area contributed by atoms with Crippen molar-refractivity contribution in [3.63, 3.8) is 0 Å². The van der Waals surface area contributed by atoms with Crippen molar-refractivity contribution in [2.45, 2.75) is 0 Å². The van der Waals surface area contributed by atoms with Gasteiger partial charge in [-0.05, 0) is 12.1 Å². The SMILES string of the molecule is Brc1ccccc1.[AsH3]. The summed E-state index contributed by atoms with van der Waals surface area (Å²) < 4.78 is 1.13. The van der Waals surface area contributed by atoms with Crippen LogP contribution in [0.25, 0.3) is 0 Å². The van der Waals surface area contributed by atoms with Gasteiger partial charge >= 0.3 is 18.0 Å². The minimum atomic E-state index is 0. The molecule has 0 nitrogen and oxygen atoms in total. The predicted molar refractivity (Wildman–Crippen MR) is 44.1 cm³/mol. The van der Waals surface area contributed by atoms with Crippen molar-refractivity contribution in [3.05, 3.63) is 34.8 Å². The molecule has 0 heterocycles. The zero-order chi connectivity index (χ0) is 5.11. The van der Waals surface area contributed by atoms with Crippen LogP contribution >= 0.6 is 15.9 Å². The van der Waals surface area contributed by atoms with Gasteiger partial charge in [0.1, 0.15) is 0 Å². The third-order valence-corrected chi connectivity index (χ3v) is 1.26. The van der Waals surface area contributed by atoms with Gasteiger partial charge in [-0.25, -0.2) is 0 Å². The van der Waals surface area contributed by atoms with Crippen LogP contribution in [0.3, 0.4) is 0 Å². The molecule has 1 aromatic rings. The fourth-order valence-electron chi connectivity index (χ4n) is 0.415. The van der Waals surface area contributed by atoms with Gasteiger partial charge in [0.05, 0.1) is 0 Å². The van der Waals surface area contributed by atoms with Gasteiger partial charge in [-0.1, -0.05) is 34.1 Å². The average molecular weight is 235 g/mol. The molecule has 0 fully saturated rings. The Kier molecular flexibility index (Phi) is 4.30. The van der Waals surface area contributed by atoms with Crippen LogP contribution in [0.1, 0.15) is 0 Å². The number of benzene rings is 1. The van der Waals surface area contributed by atoms with E-state index in [0.717, 1.165) is 4.47 Å². The van der Waals surface area contributed by atoms with Crippen molar-refractivity contribution >= 4 is 33.9 Å². The van der Waals surface area contributed by atoms with Crippen molar-refractivity contribution in [1.82, 2.24) is 0 Å². The van der Waals surface area contributed by atoms with Crippen LogP contribution in [0.15, 0.2) is 34.8 Å². The number of rotatable bonds is 0. The molecule has 2 heteroatoms. The third kappa shape index (κ3) is 2.54. The first-order valence-electron chi connectivity index (χ1n) is 2.10. The minimum absolute atomic E-state index is 0. The molecule has 1 rings (SSSR count). The van der Waals surface area contributed by atoms with E-state index >= 15 is 0 Å². The van der Waals surface area contributed by atoms with Gasteiger partial charge in [-0.2, -0.15) is 0 Å². The topological polar surface area (TPSA) is 0 Å². The van der Waals surface area contributed by atoms with Gasteiger partial charge < -0.3 is 0 Å². The van der Waals surface area contributed by atoms with Crippen LogP contribution in [0.4, 0.5) is 0 Å². The van der Waals surface area contributed by atoms with Gasteiger partial charge in [0.15, 0.2) is 0 Å². The zero-order valence-corrected chi connectivity index (χ0v) is 9.02. The molecule has 0 spiro atoms. The van der Waals surface area contributed by atoms with E-state index in [2.05, 4.69) is 15.9 Å². The summed E-state index contributed by atoms with van der Waals surface area (Å²) in [5.74, 6) is 0. The summed E-state index contributed by atoms with van der Waals surface area (Å²) in [4.78, 5) is 0. The van der Waals surface area contributed by atoms with Crippen LogP contribution in [0.5, 0.6) is 0 Å². The molecule has 0 amide bonds. The molecule has 0 saturated heterocycles. The normalized spacial score (nSPS) is 7.62. The predicted octanol–water partition coefficient (Wildman–Crippen LogP) is 1.27. The van der Waals surface area contributed by atoms with Gasteiger partial charge in [0.25, 0.3) is 0 Å². The molecule has 0 aliphatic heterocycles. The molecule has 0 aliphatic rings. The summed E-state index contributed by atoms with van der Waals surface area (Å²) in [5.41, 5.74) is 0. The van der Waals surface area contributed by atoms with Crippen LogP contribution in [-0.2, 0) is 0 Å². The molecule has 44 valence electrons. The second kappa shape index (κ2) is 4.17. The monoisotopic (exact) mass is 234 g/mol. The average Bonchev–Trinajstić information content (AvgIpc) is 1.69. The van der Waals surface area contributed by atoms with E-state index in [1.807, 2.05) is 30.3 Å². The molecular weight excluding hydrogens is 227 g/mol. The Labute approximate surface area is 68.7 Å². The van der Waals surface area contributed by atoms with Crippen LogP contribution < -0.4 is 0 Å². The summed E-state index contributed by atoms with van der Waals surface area (Å²) in [6, 6.07) is 9.97. The number of hydrogen-bond donors (Lipinski definition) is 0. The first kappa shape index (κ1) is 8.26. The first-order chi connectivity index (χ1) is 3.39. The van der Waals surface area contributed by atoms with E-state index in [0.29, 0.717) is 0 Å². The Bertz CT molecular complexity index is 138. The molecule has 0 aromatic heterocycles. The van der Waals surface area contributed by atoms with E-state index in [-0.39, 0.29) is 18.0 Å². The molecule has 0 saturated carbocycles. The second-order valence-electron chi connectivity index (χ2n) is 1.30. The van der Waals surface area contributed by atoms with E-state index in [1.54, 1.807) is 0 Å². The zero-order valence-electron chi connectivity index (χ0n) is 4.47. The Balaban J connectivity index is 0.000000490. The molecule has 1 atom stereocenters. The third-order valence-electron chi connectivity index (χ3n) is 0.733. The van der Waals surface area contributed by atoms with Crippen molar-refractivity contribution < 1.29 is 0 Å². The molecule has 8 heavy (non-hydrogen) atoms. The summed E-state index contributed by atoms with van der Waals surface area (Å²) in [6.07, 6.45) is 0. The van der Waals surface area contributed by atoms with E-state index in [9.17, 15) is 0 Å².